The Morgan fingerprint density at radius 2 is 1.93 bits per heavy atom. The summed E-state index contributed by atoms with van der Waals surface area (Å²) in [4.78, 5) is 17.1. The zero-order valence-electron chi connectivity index (χ0n) is 16.3. The average Bonchev–Trinajstić information content (AvgIpc) is 3.21. The van der Waals surface area contributed by atoms with Gasteiger partial charge in [-0.05, 0) is 43.6 Å². The van der Waals surface area contributed by atoms with Crippen LogP contribution < -0.4 is 5.32 Å². The fraction of sp³-hybridized carbons (Fsp3) is 0.348. The molecule has 1 heterocycles. The molecule has 1 amide bonds. The normalized spacial score (nSPS) is 16.3. The number of likely N-dealkylation sites (N-methyl/N-ethyl adjacent to an activating group) is 1. The van der Waals surface area contributed by atoms with Gasteiger partial charge in [-0.2, -0.15) is 0 Å². The van der Waals surface area contributed by atoms with Crippen LogP contribution in [0.15, 0.2) is 79.4 Å². The predicted octanol–water partition coefficient (Wildman–Crippen LogP) is 3.88. The first kappa shape index (κ1) is 20.7. The molecule has 0 radical (unpaired) electrons. The van der Waals surface area contributed by atoms with Crippen LogP contribution in [0.1, 0.15) is 12.8 Å². The standard InChI is InChI=1S/C23H31N3O/c1-4-6-13-20(12-5-2)22(19-26-16-10-11-17-26)25(3)23(27)18-24-21-14-8-7-9-15-21/h4-9,12-15,22,24H,1-2,10-11,16-19H2,3H3/b13-6-,20-12+/t22-/m1/s1. The Kier molecular flexibility index (Phi) is 8.59. The third-order valence-corrected chi connectivity index (χ3v) is 4.83. The van der Waals surface area contributed by atoms with Gasteiger partial charge in [0.15, 0.2) is 0 Å². The molecule has 1 N–H and O–H groups in total. The van der Waals surface area contributed by atoms with E-state index >= 15 is 0 Å². The molecule has 0 aliphatic carbocycles. The number of likely N-dealkylation sites (tertiary alicyclic amines) is 1. The van der Waals surface area contributed by atoms with Gasteiger partial charge in [0.1, 0.15) is 0 Å². The molecule has 1 aromatic rings. The van der Waals surface area contributed by atoms with Crippen molar-refractivity contribution in [1.29, 1.82) is 0 Å². The summed E-state index contributed by atoms with van der Waals surface area (Å²) in [6, 6.07) is 9.77. The van der Waals surface area contributed by atoms with E-state index in [2.05, 4.69) is 23.4 Å². The molecule has 2 rings (SSSR count). The number of nitrogens with zero attached hydrogens (tertiary/aromatic N) is 2. The van der Waals surface area contributed by atoms with Crippen molar-refractivity contribution in [2.45, 2.75) is 18.9 Å². The fourth-order valence-corrected chi connectivity index (χ4v) is 3.29. The first-order valence-corrected chi connectivity index (χ1v) is 9.54. The molecule has 1 aromatic carbocycles. The van der Waals surface area contributed by atoms with Gasteiger partial charge in [-0.25, -0.2) is 0 Å². The highest BCUT2D eigenvalue weighted by Crippen LogP contribution is 2.17. The molecule has 0 bridgehead atoms. The summed E-state index contributed by atoms with van der Waals surface area (Å²) in [6.45, 7) is 10.9. The minimum absolute atomic E-state index is 0.0256. The monoisotopic (exact) mass is 365 g/mol. The van der Waals surface area contributed by atoms with Crippen LogP contribution in [-0.4, -0.2) is 55.0 Å². The lowest BCUT2D eigenvalue weighted by molar-refractivity contribution is -0.129. The number of allylic oxidation sites excluding steroid dienone is 4. The predicted molar refractivity (Wildman–Crippen MR) is 115 cm³/mol. The topological polar surface area (TPSA) is 35.6 Å². The van der Waals surface area contributed by atoms with Gasteiger partial charge >= 0.3 is 0 Å². The lowest BCUT2D eigenvalue weighted by Crippen LogP contribution is -2.47. The molecule has 4 nitrogen and oxygen atoms in total. The first-order valence-electron chi connectivity index (χ1n) is 9.54. The van der Waals surface area contributed by atoms with Crippen LogP contribution in [0.3, 0.4) is 0 Å². The second-order valence-corrected chi connectivity index (χ2v) is 6.74. The lowest BCUT2D eigenvalue weighted by atomic mass is 10.0. The van der Waals surface area contributed by atoms with E-state index in [4.69, 9.17) is 0 Å². The fourth-order valence-electron chi connectivity index (χ4n) is 3.29. The van der Waals surface area contributed by atoms with E-state index in [-0.39, 0.29) is 18.5 Å². The molecule has 1 fully saturated rings. The highest BCUT2D eigenvalue weighted by Gasteiger charge is 2.25. The Hall–Kier alpha value is -2.59. The number of amides is 1. The summed E-state index contributed by atoms with van der Waals surface area (Å²) < 4.78 is 0. The Morgan fingerprint density at radius 1 is 1.22 bits per heavy atom. The van der Waals surface area contributed by atoms with E-state index in [9.17, 15) is 4.79 Å². The van der Waals surface area contributed by atoms with Crippen molar-refractivity contribution >= 4 is 11.6 Å². The molecular formula is C23H31N3O. The second-order valence-electron chi connectivity index (χ2n) is 6.74. The Morgan fingerprint density at radius 3 is 2.56 bits per heavy atom. The Bertz CT molecular complexity index is 672. The minimum atomic E-state index is -0.0256. The molecule has 0 spiro atoms. The molecule has 4 heteroatoms. The van der Waals surface area contributed by atoms with E-state index < -0.39 is 0 Å². The van der Waals surface area contributed by atoms with Crippen LogP contribution in [0, 0.1) is 0 Å². The van der Waals surface area contributed by atoms with E-state index in [1.165, 1.54) is 12.8 Å². The Balaban J connectivity index is 2.12. The van der Waals surface area contributed by atoms with Gasteiger partial charge in [-0.15, -0.1) is 0 Å². The minimum Gasteiger partial charge on any atom is -0.376 e. The van der Waals surface area contributed by atoms with Gasteiger partial charge in [-0.1, -0.05) is 61.7 Å². The van der Waals surface area contributed by atoms with Gasteiger partial charge in [0.05, 0.1) is 12.6 Å². The van der Waals surface area contributed by atoms with Crippen LogP contribution in [0.5, 0.6) is 0 Å². The van der Waals surface area contributed by atoms with Gasteiger partial charge < -0.3 is 15.1 Å². The smallest absolute Gasteiger partial charge is 0.242 e. The number of rotatable bonds is 10. The van der Waals surface area contributed by atoms with Crippen LogP contribution >= 0.6 is 0 Å². The molecule has 1 aliphatic rings. The third-order valence-electron chi connectivity index (χ3n) is 4.83. The van der Waals surface area contributed by atoms with E-state index in [1.807, 2.05) is 60.5 Å². The summed E-state index contributed by atoms with van der Waals surface area (Å²) in [5.74, 6) is 0.0602. The Labute approximate surface area is 163 Å². The number of carbonyl (C=O) groups excluding carboxylic acids is 1. The van der Waals surface area contributed by atoms with Gasteiger partial charge in [0.25, 0.3) is 0 Å². The third kappa shape index (κ3) is 6.57. The zero-order chi connectivity index (χ0) is 19.5. The molecule has 1 aliphatic heterocycles. The van der Waals surface area contributed by atoms with Crippen LogP contribution in [0.2, 0.25) is 0 Å². The van der Waals surface area contributed by atoms with Crippen molar-refractivity contribution < 1.29 is 4.79 Å². The maximum absolute atomic E-state index is 12.9. The van der Waals surface area contributed by atoms with Crippen LogP contribution in [0.25, 0.3) is 0 Å². The average molecular weight is 366 g/mol. The van der Waals surface area contributed by atoms with Crippen molar-refractivity contribution in [3.8, 4) is 0 Å². The summed E-state index contributed by atoms with van der Waals surface area (Å²) in [5, 5.41) is 3.21. The maximum atomic E-state index is 12.9. The molecule has 27 heavy (non-hydrogen) atoms. The van der Waals surface area contributed by atoms with Gasteiger partial charge in [-0.3, -0.25) is 4.79 Å². The molecule has 0 saturated carbocycles. The summed E-state index contributed by atoms with van der Waals surface area (Å²) in [5.41, 5.74) is 2.01. The van der Waals surface area contributed by atoms with Crippen LogP contribution in [0.4, 0.5) is 5.69 Å². The highest BCUT2D eigenvalue weighted by molar-refractivity contribution is 5.81. The van der Waals surface area contributed by atoms with Crippen molar-refractivity contribution in [1.82, 2.24) is 9.80 Å². The van der Waals surface area contributed by atoms with Crippen molar-refractivity contribution in [2.75, 3.05) is 38.5 Å². The van der Waals surface area contributed by atoms with Gasteiger partial charge in [0, 0.05) is 19.3 Å². The first-order chi connectivity index (χ1) is 13.2. The number of hydrogen-bond donors (Lipinski definition) is 1. The largest absolute Gasteiger partial charge is 0.376 e. The van der Waals surface area contributed by atoms with Crippen molar-refractivity contribution in [3.63, 3.8) is 0 Å². The van der Waals surface area contributed by atoms with Crippen molar-refractivity contribution in [3.05, 3.63) is 79.4 Å². The maximum Gasteiger partial charge on any atom is 0.242 e. The van der Waals surface area contributed by atoms with E-state index in [0.717, 1.165) is 30.9 Å². The van der Waals surface area contributed by atoms with E-state index in [1.54, 1.807) is 12.2 Å². The highest BCUT2D eigenvalue weighted by atomic mass is 16.2. The number of nitrogens with one attached hydrogen (secondary N) is 1. The molecule has 0 aromatic heterocycles. The summed E-state index contributed by atoms with van der Waals surface area (Å²) in [6.07, 6.45) is 11.9. The number of carbonyl (C=O) groups is 1. The number of para-hydroxylation sites is 1. The molecular weight excluding hydrogens is 334 g/mol. The zero-order valence-corrected chi connectivity index (χ0v) is 16.3. The molecule has 144 valence electrons. The van der Waals surface area contributed by atoms with Crippen molar-refractivity contribution in [2.24, 2.45) is 0 Å². The molecule has 1 saturated heterocycles. The second kappa shape index (κ2) is 11.2. The molecule has 1 atom stereocenters. The van der Waals surface area contributed by atoms with E-state index in [0.29, 0.717) is 0 Å². The number of hydrogen-bond acceptors (Lipinski definition) is 3. The summed E-state index contributed by atoms with van der Waals surface area (Å²) in [7, 11) is 1.88. The number of anilines is 1. The lowest BCUT2D eigenvalue weighted by Gasteiger charge is -2.33. The SMILES string of the molecule is C=C/C=C\C(=C/C=C)[C@@H](CN1CCCC1)N(C)C(=O)CNc1ccccc1. The quantitative estimate of drug-likeness (QED) is 0.639. The van der Waals surface area contributed by atoms with Gasteiger partial charge in [0.2, 0.25) is 5.91 Å². The van der Waals surface area contributed by atoms with Crippen LogP contribution in [-0.2, 0) is 4.79 Å². The number of benzene rings is 1. The molecule has 0 unspecified atom stereocenters. The summed E-state index contributed by atoms with van der Waals surface area (Å²) >= 11 is 0.